The summed E-state index contributed by atoms with van der Waals surface area (Å²) in [7, 11) is 0. The molecule has 126 valence electrons. The van der Waals surface area contributed by atoms with Gasteiger partial charge in [-0.2, -0.15) is 10.2 Å². The van der Waals surface area contributed by atoms with Crippen LogP contribution >= 0.6 is 11.6 Å². The van der Waals surface area contributed by atoms with Crippen molar-refractivity contribution in [2.75, 3.05) is 18.0 Å². The van der Waals surface area contributed by atoms with Gasteiger partial charge in [0, 0.05) is 13.1 Å². The zero-order chi connectivity index (χ0) is 17.1. The molecule has 24 heavy (non-hydrogen) atoms. The van der Waals surface area contributed by atoms with Crippen molar-refractivity contribution in [3.05, 3.63) is 40.9 Å². The molecule has 0 radical (unpaired) electrons. The predicted molar refractivity (Wildman–Crippen MR) is 92.2 cm³/mol. The Balaban J connectivity index is 1.76. The molecule has 5 nitrogen and oxygen atoms in total. The molecule has 1 saturated heterocycles. The normalized spacial score (nSPS) is 20.7. The van der Waals surface area contributed by atoms with Gasteiger partial charge in [-0.15, -0.1) is 0 Å². The van der Waals surface area contributed by atoms with Crippen LogP contribution in [0.15, 0.2) is 28.7 Å². The molecule has 3 rings (SSSR count). The average Bonchev–Trinajstić information content (AvgIpc) is 2.96. The van der Waals surface area contributed by atoms with Crippen molar-refractivity contribution in [3.63, 3.8) is 0 Å². The third kappa shape index (κ3) is 3.65. The van der Waals surface area contributed by atoms with Crippen molar-refractivity contribution < 1.29 is 9.15 Å². The van der Waals surface area contributed by atoms with Crippen molar-refractivity contribution in [2.24, 2.45) is 11.8 Å². The number of nitriles is 1. The Morgan fingerprint density at radius 3 is 2.71 bits per heavy atom. The highest BCUT2D eigenvalue weighted by atomic mass is 35.5. The van der Waals surface area contributed by atoms with Crippen molar-refractivity contribution in [1.82, 2.24) is 4.98 Å². The molecule has 1 fully saturated rings. The number of hydrogen-bond acceptors (Lipinski definition) is 5. The lowest BCUT2D eigenvalue weighted by Gasteiger charge is -2.34. The highest BCUT2D eigenvalue weighted by molar-refractivity contribution is 6.32. The van der Waals surface area contributed by atoms with Gasteiger partial charge >= 0.3 is 0 Å². The fourth-order valence-corrected chi connectivity index (χ4v) is 3.42. The third-order valence-electron chi connectivity index (χ3n) is 4.10. The molecular weight excluding hydrogens is 326 g/mol. The van der Waals surface area contributed by atoms with E-state index in [1.54, 1.807) is 12.1 Å². The number of halogens is 1. The molecule has 0 amide bonds. The molecule has 2 aromatic rings. The van der Waals surface area contributed by atoms with E-state index in [0.717, 1.165) is 13.1 Å². The molecule has 0 aliphatic carbocycles. The number of rotatable bonds is 4. The van der Waals surface area contributed by atoms with E-state index in [0.29, 0.717) is 40.1 Å². The van der Waals surface area contributed by atoms with E-state index in [4.69, 9.17) is 20.8 Å². The topological polar surface area (TPSA) is 62.3 Å². The second-order valence-corrected chi connectivity index (χ2v) is 6.85. The van der Waals surface area contributed by atoms with Gasteiger partial charge in [-0.3, -0.25) is 0 Å². The first-order valence-electron chi connectivity index (χ1n) is 8.09. The van der Waals surface area contributed by atoms with Gasteiger partial charge in [-0.25, -0.2) is 0 Å². The van der Waals surface area contributed by atoms with Crippen LogP contribution in [-0.4, -0.2) is 18.1 Å². The standard InChI is InChI=1S/C18H20ClN3O2/c1-12-7-13(2)10-22(9-12)18-15(8-20)21-17(24-18)11-23-16-6-4-3-5-14(16)19/h3-6,12-13H,7,9-11H2,1-2H3/t12-,13-/m1/s1. The molecule has 1 aliphatic rings. The van der Waals surface area contributed by atoms with E-state index in [1.165, 1.54) is 6.42 Å². The number of para-hydroxylation sites is 1. The van der Waals surface area contributed by atoms with Crippen molar-refractivity contribution >= 4 is 17.5 Å². The minimum Gasteiger partial charge on any atom is -0.482 e. The van der Waals surface area contributed by atoms with Crippen LogP contribution in [0.1, 0.15) is 31.9 Å². The van der Waals surface area contributed by atoms with Crippen LogP contribution in [0, 0.1) is 23.2 Å². The van der Waals surface area contributed by atoms with Gasteiger partial charge < -0.3 is 14.1 Å². The largest absolute Gasteiger partial charge is 0.482 e. The van der Waals surface area contributed by atoms with Gasteiger partial charge in [0.15, 0.2) is 6.61 Å². The number of nitrogens with zero attached hydrogens (tertiary/aromatic N) is 3. The zero-order valence-electron chi connectivity index (χ0n) is 13.8. The molecule has 0 N–H and O–H groups in total. The van der Waals surface area contributed by atoms with Crippen LogP contribution < -0.4 is 9.64 Å². The molecule has 2 atom stereocenters. The second kappa shape index (κ2) is 7.14. The predicted octanol–water partition coefficient (Wildman–Crippen LogP) is 4.26. The summed E-state index contributed by atoms with van der Waals surface area (Å²) in [6, 6.07) is 9.35. The number of aromatic nitrogens is 1. The molecule has 0 saturated carbocycles. The first kappa shape index (κ1) is 16.7. The maximum Gasteiger partial charge on any atom is 0.236 e. The first-order valence-corrected chi connectivity index (χ1v) is 8.46. The molecular formula is C18H20ClN3O2. The van der Waals surface area contributed by atoms with Crippen LogP contribution in [-0.2, 0) is 6.61 Å². The summed E-state index contributed by atoms with van der Waals surface area (Å²) in [6.07, 6.45) is 1.19. The summed E-state index contributed by atoms with van der Waals surface area (Å²) in [5, 5.41) is 9.89. The van der Waals surface area contributed by atoms with Gasteiger partial charge in [0.2, 0.25) is 17.5 Å². The van der Waals surface area contributed by atoms with E-state index in [9.17, 15) is 5.26 Å². The Kier molecular flexibility index (Phi) is 4.96. The number of ether oxygens (including phenoxy) is 1. The first-order chi connectivity index (χ1) is 11.6. The van der Waals surface area contributed by atoms with Gasteiger partial charge in [-0.05, 0) is 30.4 Å². The lowest BCUT2D eigenvalue weighted by Crippen LogP contribution is -2.38. The maximum absolute atomic E-state index is 9.36. The van der Waals surface area contributed by atoms with E-state index >= 15 is 0 Å². The van der Waals surface area contributed by atoms with Crippen LogP contribution in [0.5, 0.6) is 5.75 Å². The number of hydrogen-bond donors (Lipinski definition) is 0. The third-order valence-corrected chi connectivity index (χ3v) is 4.42. The SMILES string of the molecule is C[C@@H]1C[C@@H](C)CN(c2oc(COc3ccccc3Cl)nc2C#N)C1. The highest BCUT2D eigenvalue weighted by Gasteiger charge is 2.27. The average molecular weight is 346 g/mol. The Morgan fingerprint density at radius 1 is 1.33 bits per heavy atom. The number of piperidine rings is 1. The van der Waals surface area contributed by atoms with Crippen molar-refractivity contribution in [1.29, 1.82) is 5.26 Å². The zero-order valence-corrected chi connectivity index (χ0v) is 14.6. The van der Waals surface area contributed by atoms with Crippen LogP contribution in [0.3, 0.4) is 0 Å². The Bertz CT molecular complexity index is 743. The monoisotopic (exact) mass is 345 g/mol. The summed E-state index contributed by atoms with van der Waals surface area (Å²) in [6.45, 7) is 6.31. The van der Waals surface area contributed by atoms with E-state index in [-0.39, 0.29) is 6.61 Å². The number of anilines is 1. The van der Waals surface area contributed by atoms with Gasteiger partial charge in [0.25, 0.3) is 0 Å². The van der Waals surface area contributed by atoms with E-state index in [2.05, 4.69) is 29.8 Å². The summed E-state index contributed by atoms with van der Waals surface area (Å²) in [4.78, 5) is 6.38. The number of oxazole rings is 1. The highest BCUT2D eigenvalue weighted by Crippen LogP contribution is 2.30. The quantitative estimate of drug-likeness (QED) is 0.828. The number of benzene rings is 1. The molecule has 1 aliphatic heterocycles. The molecule has 0 spiro atoms. The van der Waals surface area contributed by atoms with Crippen LogP contribution in [0.25, 0.3) is 0 Å². The summed E-state index contributed by atoms with van der Waals surface area (Å²) in [5.74, 6) is 2.63. The van der Waals surface area contributed by atoms with Crippen molar-refractivity contribution in [3.8, 4) is 11.8 Å². The Labute approximate surface area is 146 Å². The maximum atomic E-state index is 9.36. The van der Waals surface area contributed by atoms with Gasteiger partial charge in [0.1, 0.15) is 11.8 Å². The van der Waals surface area contributed by atoms with Gasteiger partial charge in [0.05, 0.1) is 5.02 Å². The van der Waals surface area contributed by atoms with Crippen LogP contribution in [0.4, 0.5) is 5.88 Å². The summed E-state index contributed by atoms with van der Waals surface area (Å²) < 4.78 is 11.5. The summed E-state index contributed by atoms with van der Waals surface area (Å²) in [5.41, 5.74) is 0.314. The Morgan fingerprint density at radius 2 is 2.04 bits per heavy atom. The molecule has 1 aromatic carbocycles. The Hall–Kier alpha value is -2.19. The minimum atomic E-state index is 0.136. The van der Waals surface area contributed by atoms with Crippen LogP contribution in [0.2, 0.25) is 5.02 Å². The van der Waals surface area contributed by atoms with Gasteiger partial charge in [-0.1, -0.05) is 37.6 Å². The lowest BCUT2D eigenvalue weighted by molar-refractivity contribution is 0.261. The molecule has 1 aromatic heterocycles. The second-order valence-electron chi connectivity index (χ2n) is 6.44. The fourth-order valence-electron chi connectivity index (χ4n) is 3.23. The van der Waals surface area contributed by atoms with E-state index < -0.39 is 0 Å². The van der Waals surface area contributed by atoms with E-state index in [1.807, 2.05) is 12.1 Å². The minimum absolute atomic E-state index is 0.136. The molecule has 0 bridgehead atoms. The summed E-state index contributed by atoms with van der Waals surface area (Å²) >= 11 is 6.07. The molecule has 6 heteroatoms. The lowest BCUT2D eigenvalue weighted by atomic mass is 9.92. The van der Waals surface area contributed by atoms with Crippen molar-refractivity contribution in [2.45, 2.75) is 26.9 Å². The molecule has 0 unspecified atom stereocenters. The fraction of sp³-hybridized carbons (Fsp3) is 0.444. The smallest absolute Gasteiger partial charge is 0.236 e. The molecule has 2 heterocycles.